The molecule has 21 heteroatoms. The number of likely N-dealkylation sites (N-methyl/N-ethyl adjacent to an activating group) is 1. The summed E-state index contributed by atoms with van der Waals surface area (Å²) in [4.78, 5) is 69.9. The summed E-state index contributed by atoms with van der Waals surface area (Å²) < 4.78 is 43.7. The molecule has 3 heterocycles. The fourth-order valence-corrected chi connectivity index (χ4v) is 9.70. The number of aromatic hydroxyl groups is 1. The Bertz CT molecular complexity index is 2820. The molecule has 324 valence electrons. The Hall–Kier alpha value is -6.32. The highest BCUT2D eigenvalue weighted by molar-refractivity contribution is 6.32. The van der Waals surface area contributed by atoms with Crippen LogP contribution in [-0.2, 0) is 14.4 Å². The summed E-state index contributed by atoms with van der Waals surface area (Å²) in [6.07, 6.45) is -0.792. The second kappa shape index (κ2) is 14.7. The summed E-state index contributed by atoms with van der Waals surface area (Å²) in [5, 5.41) is 63.4. The fraction of sp³-hybridized carbons (Fsp3) is 0.317. The van der Waals surface area contributed by atoms with Gasteiger partial charge in [-0.15, -0.1) is 0 Å². The van der Waals surface area contributed by atoms with E-state index in [1.165, 1.54) is 31.1 Å². The van der Waals surface area contributed by atoms with E-state index in [0.29, 0.717) is 19.2 Å². The van der Waals surface area contributed by atoms with Crippen LogP contribution >= 0.6 is 11.6 Å². The highest BCUT2D eigenvalue weighted by atomic mass is 35.5. The van der Waals surface area contributed by atoms with Gasteiger partial charge in [0.15, 0.2) is 28.7 Å². The van der Waals surface area contributed by atoms with Crippen molar-refractivity contribution in [3.63, 3.8) is 0 Å². The number of nitrogens with two attached hydrogens (primary N) is 2. The second-order valence-electron chi connectivity index (χ2n) is 16.1. The van der Waals surface area contributed by atoms with Crippen molar-refractivity contribution in [2.24, 2.45) is 35.1 Å². The molecule has 1 saturated heterocycles. The van der Waals surface area contributed by atoms with Gasteiger partial charge >= 0.3 is 5.97 Å². The van der Waals surface area contributed by atoms with E-state index >= 15 is 0 Å². The molecule has 17 nitrogen and oxygen atoms in total. The van der Waals surface area contributed by atoms with Gasteiger partial charge in [-0.05, 0) is 62.7 Å². The van der Waals surface area contributed by atoms with Crippen LogP contribution in [0.1, 0.15) is 34.0 Å². The average molecular weight is 881 g/mol. The number of halogens is 4. The molecule has 10 N–H and O–H groups in total. The molecule has 4 aliphatic carbocycles. The van der Waals surface area contributed by atoms with E-state index < -0.39 is 110 Å². The van der Waals surface area contributed by atoms with Crippen LogP contribution in [0.3, 0.4) is 0 Å². The number of carbonyl (C=O) groups is 4. The minimum absolute atomic E-state index is 0.00251. The van der Waals surface area contributed by atoms with Crippen LogP contribution in [0.2, 0.25) is 5.02 Å². The average Bonchev–Trinajstić information content (AvgIpc) is 3.55. The molecule has 1 amide bonds. The van der Waals surface area contributed by atoms with Gasteiger partial charge in [0, 0.05) is 59.4 Å². The summed E-state index contributed by atoms with van der Waals surface area (Å²) in [7, 11) is 2.97. The molecule has 62 heavy (non-hydrogen) atoms. The number of hydrogen-bond acceptors (Lipinski definition) is 14. The Morgan fingerprint density at radius 3 is 2.26 bits per heavy atom. The number of carboxylic acids is 1. The van der Waals surface area contributed by atoms with E-state index in [2.05, 4.69) is 4.98 Å². The number of aliphatic hydroxyl groups excluding tert-OH is 3. The monoisotopic (exact) mass is 880 g/mol. The number of carbonyl (C=O) groups excluding carboxylic acids is 3. The lowest BCUT2D eigenvalue weighted by molar-refractivity contribution is -0.155. The van der Waals surface area contributed by atoms with Crippen LogP contribution < -0.4 is 21.8 Å². The standard InChI is InChI=1S/C21H21ClN2O8.C20H15F3N4O3/c1-24(2)14-7-5-6-10(16(27)12-9(25)4-3-8(22)11(12)15(6)26)18(29)21(7,32)19(30)13(17(14)28)20(23)31;21-8-1-2-15(13(22)3-8)27-7-12(20(29)30)17(28)9-4-14(23)19(25-18(9)27)26-5-10-11(6-26)16(10)24/h3-4,6-7,14-15,25-27,30,32H,5H2,1-2H3,(H2,23,31);1-4,7,10-11,16H,5-6,24H2,(H,29,30)/t6-,7-,14-,15-,21-;10-,11+,16?/m0./s1. The first-order chi connectivity index (χ1) is 29.1. The van der Waals surface area contributed by atoms with E-state index in [4.69, 9.17) is 23.1 Å². The normalized spacial score (nSPS) is 27.4. The number of fused-ring (bicyclic) bond motifs is 5. The Kier molecular flexibility index (Phi) is 10.0. The van der Waals surface area contributed by atoms with Gasteiger partial charge in [0.2, 0.25) is 11.2 Å². The number of primary amides is 1. The number of benzene rings is 2. The number of anilines is 1. The van der Waals surface area contributed by atoms with Crippen molar-refractivity contribution in [2.75, 3.05) is 32.1 Å². The van der Waals surface area contributed by atoms with E-state index in [0.717, 1.165) is 29.0 Å². The van der Waals surface area contributed by atoms with Crippen molar-refractivity contribution in [2.45, 2.75) is 30.2 Å². The predicted octanol–water partition coefficient (Wildman–Crippen LogP) is 2.00. The minimum Gasteiger partial charge on any atom is -0.508 e. The predicted molar refractivity (Wildman–Crippen MR) is 212 cm³/mol. The quantitative estimate of drug-likeness (QED) is 0.133. The molecule has 1 aliphatic heterocycles. The molecule has 0 radical (unpaired) electrons. The van der Waals surface area contributed by atoms with Crippen LogP contribution in [0.25, 0.3) is 22.5 Å². The largest absolute Gasteiger partial charge is 0.508 e. The first-order valence-electron chi connectivity index (χ1n) is 18.9. The van der Waals surface area contributed by atoms with E-state index in [1.807, 2.05) is 0 Å². The maximum absolute atomic E-state index is 14.8. The third kappa shape index (κ3) is 6.15. The Balaban J connectivity index is 0.000000171. The summed E-state index contributed by atoms with van der Waals surface area (Å²) >= 11 is 6.19. The molecule has 4 aromatic rings. The maximum atomic E-state index is 14.8. The minimum atomic E-state index is -2.77. The van der Waals surface area contributed by atoms with Gasteiger partial charge in [0.25, 0.3) is 5.91 Å². The van der Waals surface area contributed by atoms with Gasteiger partial charge in [-0.2, -0.15) is 0 Å². The summed E-state index contributed by atoms with van der Waals surface area (Å²) in [6.45, 7) is 1.01. The number of hydrogen-bond donors (Lipinski definition) is 8. The molecule has 0 bridgehead atoms. The number of amides is 1. The summed E-state index contributed by atoms with van der Waals surface area (Å²) in [5.41, 5.74) is 4.78. The number of rotatable bonds is 5. The number of aliphatic hydroxyl groups is 4. The third-order valence-corrected chi connectivity index (χ3v) is 12.8. The van der Waals surface area contributed by atoms with E-state index in [-0.39, 0.29) is 63.0 Å². The SMILES string of the molecule is CN(C)[C@@H]1C(=O)C(C(N)=O)=C(O)[C@@]2(O)C(=O)C3=C(O)c4c(O)ccc(Cl)c4[C@@H](O)[C@H]3C[C@@H]12.NC1[C@H]2CN(c3nc4c(cc3F)c(=O)c(C(=O)O)cn4-c3ccc(F)cc3F)C[C@@H]12. The second-order valence-corrected chi connectivity index (χ2v) is 16.5. The molecular weight excluding hydrogens is 845 g/mol. The summed E-state index contributed by atoms with van der Waals surface area (Å²) in [6, 6.07) is 4.94. The molecule has 3 fully saturated rings. The number of phenolic OH excluding ortho intramolecular Hbond substituents is 1. The number of phenols is 1. The highest BCUT2D eigenvalue weighted by Crippen LogP contribution is 2.56. The van der Waals surface area contributed by atoms with Crippen LogP contribution in [0.5, 0.6) is 5.75 Å². The topological polar surface area (TPSA) is 283 Å². The van der Waals surface area contributed by atoms with Gasteiger partial charge in [0.1, 0.15) is 40.0 Å². The van der Waals surface area contributed by atoms with Gasteiger partial charge in [-0.25, -0.2) is 22.9 Å². The van der Waals surface area contributed by atoms with Gasteiger partial charge in [-0.3, -0.25) is 28.6 Å². The van der Waals surface area contributed by atoms with Crippen LogP contribution in [0, 0.1) is 41.1 Å². The van der Waals surface area contributed by atoms with E-state index in [9.17, 15) is 67.8 Å². The Morgan fingerprint density at radius 1 is 1.00 bits per heavy atom. The van der Waals surface area contributed by atoms with Crippen molar-refractivity contribution in [3.05, 3.63) is 109 Å². The van der Waals surface area contributed by atoms with Gasteiger partial charge in [0.05, 0.1) is 28.8 Å². The number of nitrogens with zero attached hydrogens (tertiary/aromatic N) is 4. The molecule has 2 aromatic heterocycles. The lowest BCUT2D eigenvalue weighted by Crippen LogP contribution is -2.66. The Morgan fingerprint density at radius 2 is 1.66 bits per heavy atom. The maximum Gasteiger partial charge on any atom is 0.341 e. The molecule has 0 spiro atoms. The number of aromatic nitrogens is 2. The first kappa shape index (κ1) is 42.4. The van der Waals surface area contributed by atoms with Crippen molar-refractivity contribution >= 4 is 57.7 Å². The molecule has 5 aliphatic rings. The number of pyridine rings is 2. The number of piperidine rings is 1. The molecule has 8 atom stereocenters. The van der Waals surface area contributed by atoms with Crippen LogP contribution in [-0.4, -0.2) is 113 Å². The molecule has 1 unspecified atom stereocenters. The van der Waals surface area contributed by atoms with Crippen molar-refractivity contribution < 1.29 is 63.0 Å². The van der Waals surface area contributed by atoms with Crippen molar-refractivity contribution in [1.82, 2.24) is 14.5 Å². The van der Waals surface area contributed by atoms with Gasteiger partial charge < -0.3 is 47.0 Å². The Labute approximate surface area is 352 Å². The lowest BCUT2D eigenvalue weighted by Gasteiger charge is -2.51. The highest BCUT2D eigenvalue weighted by Gasteiger charge is 2.65. The van der Waals surface area contributed by atoms with Crippen molar-refractivity contribution in [1.29, 1.82) is 0 Å². The number of ketones is 2. The molecule has 2 aromatic carbocycles. The third-order valence-electron chi connectivity index (χ3n) is 12.5. The molecule has 2 saturated carbocycles. The number of carboxylic acid groups (broad SMARTS) is 1. The van der Waals surface area contributed by atoms with E-state index in [1.54, 1.807) is 4.90 Å². The van der Waals surface area contributed by atoms with Crippen LogP contribution in [0.15, 0.2) is 64.3 Å². The smallest absolute Gasteiger partial charge is 0.341 e. The zero-order valence-corrected chi connectivity index (χ0v) is 33.1. The molecular formula is C41H36ClF3N6O11. The first-order valence-corrected chi connectivity index (χ1v) is 19.3. The van der Waals surface area contributed by atoms with Crippen molar-refractivity contribution in [3.8, 4) is 11.4 Å². The summed E-state index contributed by atoms with van der Waals surface area (Å²) in [5.74, 6) is -11.9. The lowest BCUT2D eigenvalue weighted by atomic mass is 9.57. The zero-order chi connectivity index (χ0) is 45.2. The molecule has 9 rings (SSSR count). The number of Topliss-reactive ketones (excluding diaryl/α,β-unsaturated/α-hetero) is 2. The number of aromatic carboxylic acids is 1. The fourth-order valence-electron chi connectivity index (χ4n) is 9.44. The van der Waals surface area contributed by atoms with Gasteiger partial charge in [-0.1, -0.05) is 11.6 Å². The van der Waals surface area contributed by atoms with Crippen LogP contribution in [0.4, 0.5) is 19.0 Å². The zero-order valence-electron chi connectivity index (χ0n) is 32.4.